The third-order valence-electron chi connectivity index (χ3n) is 2.52. The third-order valence-corrected chi connectivity index (χ3v) is 2.85. The van der Waals surface area contributed by atoms with Gasteiger partial charge >= 0.3 is 13.9 Å². The summed E-state index contributed by atoms with van der Waals surface area (Å²) in [5, 5.41) is 0. The van der Waals surface area contributed by atoms with Crippen molar-refractivity contribution in [3.05, 3.63) is 44.8 Å². The van der Waals surface area contributed by atoms with Gasteiger partial charge in [0, 0.05) is 16.3 Å². The monoisotopic (exact) mass is 303 g/mol. The topological polar surface area (TPSA) is 120 Å². The average Bonchev–Trinajstić information content (AvgIpc) is 2.82. The van der Waals surface area contributed by atoms with Crippen LogP contribution in [-0.4, -0.2) is 27.5 Å². The van der Waals surface area contributed by atoms with Crippen LogP contribution >= 0.6 is 8.25 Å². The molecule has 0 fully saturated rings. The Morgan fingerprint density at radius 1 is 1.50 bits per heavy atom. The molecule has 0 aliphatic carbocycles. The van der Waals surface area contributed by atoms with E-state index in [4.69, 9.17) is 14.4 Å². The van der Waals surface area contributed by atoms with E-state index in [0.29, 0.717) is 5.56 Å². The molecule has 108 valence electrons. The molecule has 0 amide bonds. The lowest BCUT2D eigenvalue weighted by atomic mass is 10.4. The van der Waals surface area contributed by atoms with Crippen molar-refractivity contribution in [2.45, 2.75) is 19.4 Å². The van der Waals surface area contributed by atoms with E-state index in [2.05, 4.69) is 9.51 Å². The zero-order chi connectivity index (χ0) is 14.7. The first-order valence-corrected chi connectivity index (χ1v) is 6.67. The molecule has 1 aliphatic rings. The Morgan fingerprint density at radius 2 is 2.25 bits per heavy atom. The molecule has 0 radical (unpaired) electrons. The quantitative estimate of drug-likeness (QED) is 0.442. The van der Waals surface area contributed by atoms with Crippen LogP contribution in [0, 0.1) is 6.92 Å². The Hall–Kier alpha value is -1.64. The summed E-state index contributed by atoms with van der Waals surface area (Å²) < 4.78 is 26.1. The van der Waals surface area contributed by atoms with Gasteiger partial charge in [-0.05, 0) is 19.1 Å². The maximum Gasteiger partial charge on any atom is 0.697 e. The third kappa shape index (κ3) is 3.47. The lowest BCUT2D eigenvalue weighted by molar-refractivity contribution is -0.166. The molecule has 10 heteroatoms. The van der Waals surface area contributed by atoms with E-state index in [1.807, 2.05) is 0 Å². The minimum Gasteiger partial charge on any atom is -0.322 e. The van der Waals surface area contributed by atoms with Crippen LogP contribution in [0.5, 0.6) is 0 Å². The average molecular weight is 303 g/mol. The van der Waals surface area contributed by atoms with Crippen LogP contribution in [0.4, 0.5) is 0 Å². The Kier molecular flexibility index (Phi) is 4.58. The summed E-state index contributed by atoms with van der Waals surface area (Å²) in [5.41, 5.74) is -0.696. The highest BCUT2D eigenvalue weighted by molar-refractivity contribution is 7.32. The van der Waals surface area contributed by atoms with Gasteiger partial charge in [0.05, 0.1) is 0 Å². The number of nitrogens with one attached hydrogen (secondary N) is 1. The van der Waals surface area contributed by atoms with E-state index >= 15 is 0 Å². The summed E-state index contributed by atoms with van der Waals surface area (Å²) in [6.07, 6.45) is 2.91. The molecule has 0 aromatic carbocycles. The number of hydrogen-bond donors (Lipinski definition) is 2. The number of ether oxygens (including phenoxy) is 2. The van der Waals surface area contributed by atoms with Crippen molar-refractivity contribution in [3.8, 4) is 0 Å². The second-order valence-corrected chi connectivity index (χ2v) is 4.64. The highest BCUT2D eigenvalue weighted by Crippen LogP contribution is 2.21. The van der Waals surface area contributed by atoms with Crippen molar-refractivity contribution in [2.24, 2.45) is 0 Å². The van der Waals surface area contributed by atoms with Gasteiger partial charge in [-0.2, -0.15) is 0 Å². The molecule has 9 nitrogen and oxygen atoms in total. The fourth-order valence-corrected chi connectivity index (χ4v) is 1.74. The summed E-state index contributed by atoms with van der Waals surface area (Å²) >= 11 is 0. The van der Waals surface area contributed by atoms with E-state index in [0.717, 1.165) is 0 Å². The van der Waals surface area contributed by atoms with Crippen molar-refractivity contribution in [1.29, 1.82) is 0 Å². The zero-order valence-electron chi connectivity index (χ0n) is 10.4. The standard InChI is InChI=1S/C10H11N2O7P/c1-6-4-12(10(14)11-9(6)13)7-2-3-8(19-7)17-5-18-20(15)16/h2-4,7-8H,5H2,1H3,(H-,11,13,14,15,16)/p+1/t7-,8+/m1/s1. The van der Waals surface area contributed by atoms with E-state index in [9.17, 15) is 14.2 Å². The van der Waals surface area contributed by atoms with Gasteiger partial charge in [0.2, 0.25) is 6.79 Å². The summed E-state index contributed by atoms with van der Waals surface area (Å²) in [4.78, 5) is 33.5. The van der Waals surface area contributed by atoms with Gasteiger partial charge in [-0.3, -0.25) is 14.3 Å². The highest BCUT2D eigenvalue weighted by atomic mass is 31.1. The second-order valence-electron chi connectivity index (χ2n) is 3.91. The maximum atomic E-state index is 11.6. The molecule has 0 saturated carbocycles. The molecule has 0 bridgehead atoms. The van der Waals surface area contributed by atoms with Crippen LogP contribution in [0.25, 0.3) is 0 Å². The first kappa shape index (κ1) is 14.8. The van der Waals surface area contributed by atoms with Crippen molar-refractivity contribution in [2.75, 3.05) is 6.79 Å². The number of hydrogen-bond acceptors (Lipinski definition) is 6. The van der Waals surface area contributed by atoms with Crippen LogP contribution in [0.1, 0.15) is 11.8 Å². The van der Waals surface area contributed by atoms with Gasteiger partial charge in [0.25, 0.3) is 5.56 Å². The number of nitrogens with zero attached hydrogens (tertiary/aromatic N) is 1. The number of aromatic amines is 1. The molecule has 1 unspecified atom stereocenters. The molecule has 1 aliphatic heterocycles. The number of aromatic nitrogens is 2. The minimum absolute atomic E-state index is 0.367. The maximum absolute atomic E-state index is 11.6. The van der Waals surface area contributed by atoms with Crippen LogP contribution in [0.15, 0.2) is 27.9 Å². The molecule has 2 heterocycles. The number of rotatable bonds is 5. The fraction of sp³-hybridized carbons (Fsp3) is 0.400. The highest BCUT2D eigenvalue weighted by Gasteiger charge is 2.23. The van der Waals surface area contributed by atoms with Crippen molar-refractivity contribution in [1.82, 2.24) is 9.55 Å². The lowest BCUT2D eigenvalue weighted by Gasteiger charge is -2.15. The molecular formula is C10H12N2O7P+. The van der Waals surface area contributed by atoms with Gasteiger partial charge in [-0.1, -0.05) is 4.52 Å². The van der Waals surface area contributed by atoms with Gasteiger partial charge in [-0.25, -0.2) is 4.79 Å². The number of aryl methyl sites for hydroxylation is 1. The summed E-state index contributed by atoms with van der Waals surface area (Å²) in [6.45, 7) is 1.14. The first-order valence-electron chi connectivity index (χ1n) is 5.54. The molecule has 0 saturated heterocycles. The molecule has 3 atom stereocenters. The summed E-state index contributed by atoms with van der Waals surface area (Å²) in [5.74, 6) is 0. The van der Waals surface area contributed by atoms with Gasteiger partial charge in [0.15, 0.2) is 12.5 Å². The zero-order valence-corrected chi connectivity index (χ0v) is 11.3. The lowest BCUT2D eigenvalue weighted by Crippen LogP contribution is -2.33. The Balaban J connectivity index is 2.02. The van der Waals surface area contributed by atoms with Crippen LogP contribution in [0.2, 0.25) is 0 Å². The SMILES string of the molecule is Cc1cn([C@H]2C=C[C@@H](OCO[P+](=O)O)O2)c(=O)[nH]c1=O. The molecular weight excluding hydrogens is 291 g/mol. The molecule has 2 rings (SSSR count). The normalized spacial score (nSPS) is 22.2. The Labute approximate surface area is 113 Å². The second kappa shape index (κ2) is 6.21. The van der Waals surface area contributed by atoms with E-state index < -0.39 is 38.8 Å². The number of H-pyrrole nitrogens is 1. The minimum atomic E-state index is -2.74. The van der Waals surface area contributed by atoms with Crippen molar-refractivity contribution >= 4 is 8.25 Å². The fourth-order valence-electron chi connectivity index (χ4n) is 1.58. The van der Waals surface area contributed by atoms with Gasteiger partial charge in [0.1, 0.15) is 0 Å². The summed E-state index contributed by atoms with van der Waals surface area (Å²) in [7, 11) is -2.74. The van der Waals surface area contributed by atoms with E-state index in [-0.39, 0.29) is 0 Å². The van der Waals surface area contributed by atoms with Gasteiger partial charge < -0.3 is 9.47 Å². The Bertz CT molecular complexity index is 650. The largest absolute Gasteiger partial charge is 0.697 e. The van der Waals surface area contributed by atoms with Crippen LogP contribution < -0.4 is 11.2 Å². The van der Waals surface area contributed by atoms with Gasteiger partial charge in [-0.15, -0.1) is 4.89 Å². The molecule has 2 N–H and O–H groups in total. The molecule has 1 aromatic heterocycles. The van der Waals surface area contributed by atoms with E-state index in [1.165, 1.54) is 16.8 Å². The predicted molar refractivity (Wildman–Crippen MR) is 66.0 cm³/mol. The predicted octanol–water partition coefficient (Wildman–Crippen LogP) is -0.103. The Morgan fingerprint density at radius 3 is 2.95 bits per heavy atom. The molecule has 1 aromatic rings. The van der Waals surface area contributed by atoms with E-state index in [1.54, 1.807) is 13.0 Å². The molecule has 0 spiro atoms. The smallest absolute Gasteiger partial charge is 0.322 e. The first-order chi connectivity index (χ1) is 9.47. The van der Waals surface area contributed by atoms with Crippen LogP contribution in [-0.2, 0) is 18.6 Å². The van der Waals surface area contributed by atoms with Crippen LogP contribution in [0.3, 0.4) is 0 Å². The molecule has 20 heavy (non-hydrogen) atoms. The van der Waals surface area contributed by atoms with Crippen molar-refractivity contribution < 1.29 is 23.5 Å². The summed E-state index contributed by atoms with van der Waals surface area (Å²) in [6, 6.07) is 0. The van der Waals surface area contributed by atoms with Crippen molar-refractivity contribution in [3.63, 3.8) is 0 Å².